The summed E-state index contributed by atoms with van der Waals surface area (Å²) >= 11 is 0. The van der Waals surface area contributed by atoms with Crippen LogP contribution in [0.15, 0.2) is 18.3 Å². The third-order valence-electron chi connectivity index (χ3n) is 2.19. The standard InChI is InChI=1S/C9H11F3N2O3S/c1-14-5-2-3-7(14)8(15)13-4-6-18(16,17)9(10,11)12/h2-3,5H,4,6H2,1H3,(H,13,15). The van der Waals surface area contributed by atoms with Crippen LogP contribution in [-0.4, -0.2) is 36.7 Å². The molecule has 1 heterocycles. The average Bonchev–Trinajstić information content (AvgIpc) is 2.62. The molecule has 0 aliphatic rings. The fraction of sp³-hybridized carbons (Fsp3) is 0.444. The summed E-state index contributed by atoms with van der Waals surface area (Å²) in [6.07, 6.45) is 1.58. The maximum atomic E-state index is 12.0. The zero-order chi connectivity index (χ0) is 14.0. The van der Waals surface area contributed by atoms with Crippen LogP contribution in [0.2, 0.25) is 0 Å². The van der Waals surface area contributed by atoms with Crippen molar-refractivity contribution in [2.24, 2.45) is 7.05 Å². The molecule has 0 atom stereocenters. The lowest BCUT2D eigenvalue weighted by molar-refractivity contribution is -0.0435. The maximum absolute atomic E-state index is 12.0. The Labute approximate surface area is 102 Å². The zero-order valence-corrected chi connectivity index (χ0v) is 10.2. The lowest BCUT2D eigenvalue weighted by Gasteiger charge is -2.09. The van der Waals surface area contributed by atoms with E-state index in [4.69, 9.17) is 0 Å². The number of hydrogen-bond donors (Lipinski definition) is 1. The van der Waals surface area contributed by atoms with Crippen LogP contribution in [0.1, 0.15) is 10.5 Å². The van der Waals surface area contributed by atoms with Crippen molar-refractivity contribution in [2.45, 2.75) is 5.51 Å². The first-order valence-corrected chi connectivity index (χ1v) is 6.49. The number of alkyl halides is 3. The molecule has 0 fully saturated rings. The summed E-state index contributed by atoms with van der Waals surface area (Å²) in [5.41, 5.74) is -5.05. The van der Waals surface area contributed by atoms with Crippen molar-refractivity contribution >= 4 is 15.7 Å². The summed E-state index contributed by atoms with van der Waals surface area (Å²) < 4.78 is 58.8. The molecule has 18 heavy (non-hydrogen) atoms. The molecule has 0 aromatic carbocycles. The number of hydrogen-bond acceptors (Lipinski definition) is 3. The van der Waals surface area contributed by atoms with E-state index >= 15 is 0 Å². The second-order valence-electron chi connectivity index (χ2n) is 3.52. The lowest BCUT2D eigenvalue weighted by Crippen LogP contribution is -2.34. The van der Waals surface area contributed by atoms with Crippen LogP contribution < -0.4 is 5.32 Å². The van der Waals surface area contributed by atoms with Crippen LogP contribution in [0, 0.1) is 0 Å². The SMILES string of the molecule is Cn1cccc1C(=O)NCCS(=O)(=O)C(F)(F)F. The Kier molecular flexibility index (Phi) is 4.05. The van der Waals surface area contributed by atoms with Gasteiger partial charge in [-0.1, -0.05) is 0 Å². The van der Waals surface area contributed by atoms with E-state index in [1.165, 1.54) is 10.6 Å². The van der Waals surface area contributed by atoms with E-state index in [9.17, 15) is 26.4 Å². The minimum Gasteiger partial charge on any atom is -0.350 e. The Morgan fingerprint density at radius 3 is 2.50 bits per heavy atom. The molecule has 1 amide bonds. The van der Waals surface area contributed by atoms with E-state index in [1.807, 2.05) is 0 Å². The van der Waals surface area contributed by atoms with Crippen LogP contribution in [0.4, 0.5) is 13.2 Å². The summed E-state index contributed by atoms with van der Waals surface area (Å²) in [7, 11) is -3.61. The Balaban J connectivity index is 2.54. The van der Waals surface area contributed by atoms with Gasteiger partial charge in [0.05, 0.1) is 5.75 Å². The van der Waals surface area contributed by atoms with E-state index in [1.54, 1.807) is 19.3 Å². The summed E-state index contributed by atoms with van der Waals surface area (Å²) in [6, 6.07) is 3.05. The highest BCUT2D eigenvalue weighted by molar-refractivity contribution is 7.92. The van der Waals surface area contributed by atoms with Crippen molar-refractivity contribution in [1.29, 1.82) is 0 Å². The predicted octanol–water partition coefficient (Wildman–Crippen LogP) is 0.690. The number of nitrogens with zero attached hydrogens (tertiary/aromatic N) is 1. The van der Waals surface area contributed by atoms with Crippen molar-refractivity contribution in [3.05, 3.63) is 24.0 Å². The molecule has 0 spiro atoms. The molecule has 0 aliphatic carbocycles. The smallest absolute Gasteiger partial charge is 0.350 e. The molecule has 0 saturated carbocycles. The first kappa shape index (κ1) is 14.6. The van der Waals surface area contributed by atoms with Gasteiger partial charge in [-0.2, -0.15) is 13.2 Å². The molecule has 1 aromatic rings. The third-order valence-corrected chi connectivity index (χ3v) is 3.63. The Bertz CT molecular complexity index is 533. The van der Waals surface area contributed by atoms with Crippen molar-refractivity contribution in [1.82, 2.24) is 9.88 Å². The summed E-state index contributed by atoms with van der Waals surface area (Å²) in [5, 5.41) is 2.12. The monoisotopic (exact) mass is 284 g/mol. The topological polar surface area (TPSA) is 68.2 Å². The van der Waals surface area contributed by atoms with Crippen molar-refractivity contribution in [3.8, 4) is 0 Å². The molecule has 1 N–H and O–H groups in total. The highest BCUT2D eigenvalue weighted by Crippen LogP contribution is 2.23. The molecule has 1 aromatic heterocycles. The fourth-order valence-corrected chi connectivity index (χ4v) is 1.80. The minimum atomic E-state index is -5.29. The Hall–Kier alpha value is -1.51. The first-order valence-electron chi connectivity index (χ1n) is 4.84. The summed E-state index contributed by atoms with van der Waals surface area (Å²) in [4.78, 5) is 11.5. The van der Waals surface area contributed by atoms with Crippen LogP contribution in [0.3, 0.4) is 0 Å². The number of carbonyl (C=O) groups is 1. The summed E-state index contributed by atoms with van der Waals surface area (Å²) in [6.45, 7) is -0.591. The fourth-order valence-electron chi connectivity index (χ4n) is 1.20. The van der Waals surface area contributed by atoms with Gasteiger partial charge in [0.1, 0.15) is 5.69 Å². The molecular weight excluding hydrogens is 273 g/mol. The van der Waals surface area contributed by atoms with Crippen molar-refractivity contribution in [3.63, 3.8) is 0 Å². The molecule has 102 valence electrons. The van der Waals surface area contributed by atoms with Gasteiger partial charge in [0.2, 0.25) is 9.84 Å². The highest BCUT2D eigenvalue weighted by Gasteiger charge is 2.44. The Morgan fingerprint density at radius 2 is 2.06 bits per heavy atom. The van der Waals surface area contributed by atoms with Crippen LogP contribution in [0.5, 0.6) is 0 Å². The normalized spacial score (nSPS) is 12.4. The molecule has 0 aliphatic heterocycles. The molecule has 9 heteroatoms. The molecule has 0 unspecified atom stereocenters. The second kappa shape index (κ2) is 5.01. The van der Waals surface area contributed by atoms with Crippen molar-refractivity contribution in [2.75, 3.05) is 12.3 Å². The van der Waals surface area contributed by atoms with Gasteiger partial charge >= 0.3 is 5.51 Å². The first-order chi connectivity index (χ1) is 8.15. The number of rotatable bonds is 4. The van der Waals surface area contributed by atoms with Gasteiger partial charge in [-0.25, -0.2) is 8.42 Å². The maximum Gasteiger partial charge on any atom is 0.497 e. The second-order valence-corrected chi connectivity index (χ2v) is 5.63. The van der Waals surface area contributed by atoms with Gasteiger partial charge in [0, 0.05) is 19.8 Å². The molecular formula is C9H11F3N2O3S. The van der Waals surface area contributed by atoms with Gasteiger partial charge in [0.15, 0.2) is 0 Å². The minimum absolute atomic E-state index is 0.236. The zero-order valence-electron chi connectivity index (χ0n) is 9.36. The number of sulfone groups is 1. The molecule has 1 rings (SSSR count). The number of nitrogens with one attached hydrogen (secondary N) is 1. The number of aromatic nitrogens is 1. The lowest BCUT2D eigenvalue weighted by atomic mass is 10.4. The molecule has 0 radical (unpaired) electrons. The van der Waals surface area contributed by atoms with Gasteiger partial charge in [-0.15, -0.1) is 0 Å². The van der Waals surface area contributed by atoms with Gasteiger partial charge in [-0.05, 0) is 12.1 Å². The van der Waals surface area contributed by atoms with E-state index < -0.39 is 33.6 Å². The quantitative estimate of drug-likeness (QED) is 0.884. The summed E-state index contributed by atoms with van der Waals surface area (Å²) in [5.74, 6) is -1.80. The van der Waals surface area contributed by atoms with E-state index in [0.29, 0.717) is 0 Å². The average molecular weight is 284 g/mol. The third kappa shape index (κ3) is 3.25. The number of aryl methyl sites for hydroxylation is 1. The van der Waals surface area contributed by atoms with E-state index in [0.717, 1.165) is 0 Å². The van der Waals surface area contributed by atoms with Crippen LogP contribution in [0.25, 0.3) is 0 Å². The van der Waals surface area contributed by atoms with Crippen LogP contribution >= 0.6 is 0 Å². The number of amides is 1. The predicted molar refractivity (Wildman–Crippen MR) is 57.6 cm³/mol. The Morgan fingerprint density at radius 1 is 1.44 bits per heavy atom. The van der Waals surface area contributed by atoms with Gasteiger partial charge < -0.3 is 9.88 Å². The number of halogens is 3. The number of carbonyl (C=O) groups excluding carboxylic acids is 1. The van der Waals surface area contributed by atoms with Gasteiger partial charge in [-0.3, -0.25) is 4.79 Å². The largest absolute Gasteiger partial charge is 0.497 e. The highest BCUT2D eigenvalue weighted by atomic mass is 32.2. The van der Waals surface area contributed by atoms with Gasteiger partial charge in [0.25, 0.3) is 5.91 Å². The van der Waals surface area contributed by atoms with Crippen molar-refractivity contribution < 1.29 is 26.4 Å². The van der Waals surface area contributed by atoms with E-state index in [-0.39, 0.29) is 5.69 Å². The molecule has 0 bridgehead atoms. The van der Waals surface area contributed by atoms with E-state index in [2.05, 4.69) is 5.32 Å². The van der Waals surface area contributed by atoms with Crippen LogP contribution in [-0.2, 0) is 16.9 Å². The molecule has 0 saturated heterocycles. The molecule has 5 nitrogen and oxygen atoms in total.